The second kappa shape index (κ2) is 2.07. The maximum Gasteiger partial charge on any atom is 0.190 e. The molecule has 10 heavy (non-hydrogen) atoms. The van der Waals surface area contributed by atoms with Crippen LogP contribution in [0.4, 0.5) is 0 Å². The van der Waals surface area contributed by atoms with Crippen molar-refractivity contribution in [1.82, 2.24) is 9.97 Å². The van der Waals surface area contributed by atoms with Gasteiger partial charge in [0.2, 0.25) is 0 Å². The first kappa shape index (κ1) is 5.88. The zero-order valence-corrected chi connectivity index (χ0v) is 5.57. The van der Waals surface area contributed by atoms with Gasteiger partial charge in [-0.1, -0.05) is 0 Å². The van der Waals surface area contributed by atoms with Gasteiger partial charge in [-0.25, -0.2) is 4.98 Å². The molecule has 0 saturated carbocycles. The average molecular weight is 140 g/mol. The predicted molar refractivity (Wildman–Crippen MR) is 33.2 cm³/mol. The lowest BCUT2D eigenvalue weighted by Crippen LogP contribution is -1.90. The minimum atomic E-state index is -0.0690. The van der Waals surface area contributed by atoms with E-state index in [-0.39, 0.29) is 12.4 Å². The highest BCUT2D eigenvalue weighted by Crippen LogP contribution is 2.37. The number of ether oxygens (including phenoxy) is 2. The van der Waals surface area contributed by atoms with E-state index in [1.165, 1.54) is 0 Å². The number of aromatic nitrogens is 2. The lowest BCUT2D eigenvalue weighted by Gasteiger charge is -1.85. The van der Waals surface area contributed by atoms with Crippen molar-refractivity contribution in [3.63, 3.8) is 0 Å². The van der Waals surface area contributed by atoms with Crippen LogP contribution < -0.4 is 0 Å². The number of nitrogens with one attached hydrogen (secondary N) is 1. The molecule has 2 rings (SSSR count). The monoisotopic (exact) mass is 140 g/mol. The van der Waals surface area contributed by atoms with Gasteiger partial charge in [0.25, 0.3) is 0 Å². The van der Waals surface area contributed by atoms with Gasteiger partial charge in [0, 0.05) is 7.11 Å². The maximum absolute atomic E-state index is 5.12. The molecule has 0 spiro atoms. The Morgan fingerprint density at radius 2 is 2.70 bits per heavy atom. The molecule has 54 valence electrons. The molecule has 1 fully saturated rings. The van der Waals surface area contributed by atoms with Gasteiger partial charge in [0.1, 0.15) is 0 Å². The summed E-state index contributed by atoms with van der Waals surface area (Å²) >= 11 is 0. The SMILES string of the molecule is COC1OC1c1cnc[nH]1. The Morgan fingerprint density at radius 3 is 3.20 bits per heavy atom. The fraction of sp³-hybridized carbons (Fsp3) is 0.500. The Hall–Kier alpha value is -0.870. The molecule has 4 nitrogen and oxygen atoms in total. The van der Waals surface area contributed by atoms with Gasteiger partial charge in [-0.2, -0.15) is 0 Å². The molecule has 1 aliphatic heterocycles. The first-order valence-corrected chi connectivity index (χ1v) is 3.08. The minimum Gasteiger partial charge on any atom is -0.353 e. The minimum absolute atomic E-state index is 0.0690. The molecule has 4 heteroatoms. The number of methoxy groups -OCH3 is 1. The van der Waals surface area contributed by atoms with E-state index in [2.05, 4.69) is 9.97 Å². The molecule has 0 amide bonds. The predicted octanol–water partition coefficient (Wildman–Crippen LogP) is 0.454. The van der Waals surface area contributed by atoms with E-state index in [9.17, 15) is 0 Å². The molecule has 0 bridgehead atoms. The van der Waals surface area contributed by atoms with E-state index in [0.29, 0.717) is 0 Å². The van der Waals surface area contributed by atoms with Crippen molar-refractivity contribution in [1.29, 1.82) is 0 Å². The van der Waals surface area contributed by atoms with Crippen molar-refractivity contribution in [3.05, 3.63) is 18.2 Å². The third kappa shape index (κ3) is 0.815. The Morgan fingerprint density at radius 1 is 1.80 bits per heavy atom. The van der Waals surface area contributed by atoms with Gasteiger partial charge in [-0.15, -0.1) is 0 Å². The van der Waals surface area contributed by atoms with Crippen LogP contribution in [-0.4, -0.2) is 23.4 Å². The van der Waals surface area contributed by atoms with Crippen molar-refractivity contribution in [2.45, 2.75) is 12.4 Å². The Labute approximate surface area is 58.2 Å². The van der Waals surface area contributed by atoms with Gasteiger partial charge < -0.3 is 14.5 Å². The number of nitrogens with zero attached hydrogens (tertiary/aromatic N) is 1. The molecule has 1 saturated heterocycles. The standard InChI is InChI=1S/C6H8N2O2/c1-9-6-5(10-6)4-2-7-3-8-4/h2-3,5-6H,1H3,(H,7,8). The zero-order chi connectivity index (χ0) is 6.97. The molecule has 1 aliphatic rings. The van der Waals surface area contributed by atoms with Crippen molar-refractivity contribution >= 4 is 0 Å². The molecular weight excluding hydrogens is 132 g/mol. The number of hydrogen-bond acceptors (Lipinski definition) is 3. The van der Waals surface area contributed by atoms with Gasteiger partial charge >= 0.3 is 0 Å². The number of aromatic amines is 1. The number of hydrogen-bond donors (Lipinski definition) is 1. The van der Waals surface area contributed by atoms with E-state index in [0.717, 1.165) is 5.69 Å². The quantitative estimate of drug-likeness (QED) is 0.607. The lowest BCUT2D eigenvalue weighted by molar-refractivity contribution is 0.0950. The van der Waals surface area contributed by atoms with Crippen molar-refractivity contribution in [3.8, 4) is 0 Å². The first-order valence-electron chi connectivity index (χ1n) is 3.08. The van der Waals surface area contributed by atoms with Crippen LogP contribution in [0.1, 0.15) is 11.8 Å². The highest BCUT2D eigenvalue weighted by molar-refractivity contribution is 5.06. The van der Waals surface area contributed by atoms with E-state index >= 15 is 0 Å². The summed E-state index contributed by atoms with van der Waals surface area (Å²) in [7, 11) is 1.63. The van der Waals surface area contributed by atoms with E-state index in [1.54, 1.807) is 19.6 Å². The summed E-state index contributed by atoms with van der Waals surface area (Å²) in [5.41, 5.74) is 0.979. The molecular formula is C6H8N2O2. The smallest absolute Gasteiger partial charge is 0.190 e. The summed E-state index contributed by atoms with van der Waals surface area (Å²) in [6, 6.07) is 0. The lowest BCUT2D eigenvalue weighted by atomic mass is 10.3. The summed E-state index contributed by atoms with van der Waals surface area (Å²) in [6.07, 6.45) is 3.38. The van der Waals surface area contributed by atoms with Crippen LogP contribution in [0.2, 0.25) is 0 Å². The van der Waals surface area contributed by atoms with Crippen LogP contribution in [0.25, 0.3) is 0 Å². The maximum atomic E-state index is 5.12. The van der Waals surface area contributed by atoms with Crippen LogP contribution >= 0.6 is 0 Å². The number of H-pyrrole nitrogens is 1. The molecule has 0 aliphatic carbocycles. The van der Waals surface area contributed by atoms with Crippen LogP contribution in [0.5, 0.6) is 0 Å². The third-order valence-electron chi connectivity index (χ3n) is 1.51. The van der Waals surface area contributed by atoms with Crippen molar-refractivity contribution < 1.29 is 9.47 Å². The highest BCUT2D eigenvalue weighted by atomic mass is 16.8. The number of imidazole rings is 1. The molecule has 2 atom stereocenters. The topological polar surface area (TPSA) is 50.4 Å². The average Bonchev–Trinajstić information content (AvgIpc) is 2.56. The van der Waals surface area contributed by atoms with E-state index in [4.69, 9.17) is 9.47 Å². The molecule has 2 heterocycles. The summed E-state index contributed by atoms with van der Waals surface area (Å²) in [6.45, 7) is 0. The molecule has 1 aromatic heterocycles. The van der Waals surface area contributed by atoms with E-state index < -0.39 is 0 Å². The summed E-state index contributed by atoms with van der Waals surface area (Å²) < 4.78 is 10.0. The number of rotatable bonds is 2. The first-order chi connectivity index (χ1) is 4.92. The fourth-order valence-corrected chi connectivity index (χ4v) is 0.920. The highest BCUT2D eigenvalue weighted by Gasteiger charge is 2.41. The molecule has 1 N–H and O–H groups in total. The Bertz CT molecular complexity index is 210. The normalized spacial score (nSPS) is 30.5. The number of epoxide rings is 1. The van der Waals surface area contributed by atoms with Gasteiger partial charge in [-0.3, -0.25) is 0 Å². The summed E-state index contributed by atoms with van der Waals surface area (Å²) in [4.78, 5) is 6.81. The van der Waals surface area contributed by atoms with E-state index in [1.807, 2.05) is 0 Å². The molecule has 0 aromatic carbocycles. The van der Waals surface area contributed by atoms with Crippen LogP contribution in [-0.2, 0) is 9.47 Å². The molecule has 2 unspecified atom stereocenters. The molecule has 1 aromatic rings. The zero-order valence-electron chi connectivity index (χ0n) is 5.57. The van der Waals surface area contributed by atoms with Crippen LogP contribution in [0, 0.1) is 0 Å². The second-order valence-electron chi connectivity index (χ2n) is 2.17. The molecule has 0 radical (unpaired) electrons. The van der Waals surface area contributed by atoms with Crippen molar-refractivity contribution in [2.24, 2.45) is 0 Å². The second-order valence-corrected chi connectivity index (χ2v) is 2.17. The van der Waals surface area contributed by atoms with Crippen LogP contribution in [0.15, 0.2) is 12.5 Å². The summed E-state index contributed by atoms with van der Waals surface area (Å²) in [5, 5.41) is 0. The fourth-order valence-electron chi connectivity index (χ4n) is 0.920. The largest absolute Gasteiger partial charge is 0.353 e. The van der Waals surface area contributed by atoms with Crippen molar-refractivity contribution in [2.75, 3.05) is 7.11 Å². The Kier molecular flexibility index (Phi) is 1.22. The Balaban J connectivity index is 2.05. The third-order valence-corrected chi connectivity index (χ3v) is 1.51. The van der Waals surface area contributed by atoms with Gasteiger partial charge in [0.05, 0.1) is 18.2 Å². The van der Waals surface area contributed by atoms with Crippen LogP contribution in [0.3, 0.4) is 0 Å². The van der Waals surface area contributed by atoms with Gasteiger partial charge in [0.15, 0.2) is 12.4 Å². The van der Waals surface area contributed by atoms with Gasteiger partial charge in [-0.05, 0) is 0 Å². The summed E-state index contributed by atoms with van der Waals surface area (Å²) in [5.74, 6) is 0.